The predicted molar refractivity (Wildman–Crippen MR) is 116 cm³/mol. The molecule has 0 saturated carbocycles. The summed E-state index contributed by atoms with van der Waals surface area (Å²) in [6.45, 7) is 3.86. The van der Waals surface area contributed by atoms with Gasteiger partial charge in [-0.25, -0.2) is 4.79 Å². The summed E-state index contributed by atoms with van der Waals surface area (Å²) in [5.74, 6) is 0.0572. The summed E-state index contributed by atoms with van der Waals surface area (Å²) < 4.78 is 5.36. The van der Waals surface area contributed by atoms with Crippen LogP contribution in [0, 0.1) is 0 Å². The molecule has 2 heterocycles. The van der Waals surface area contributed by atoms with Crippen molar-refractivity contribution < 1.29 is 19.1 Å². The average Bonchev–Trinajstić information content (AvgIpc) is 3.32. The van der Waals surface area contributed by atoms with Crippen molar-refractivity contribution in [1.29, 1.82) is 0 Å². The smallest absolute Gasteiger partial charge is 0.330 e. The largest absolute Gasteiger partial charge is 0.456 e. The fraction of sp³-hybridized carbons (Fsp3) is 0.375. The Morgan fingerprint density at radius 1 is 1.13 bits per heavy atom. The van der Waals surface area contributed by atoms with E-state index in [1.54, 1.807) is 28.8 Å². The Labute approximate surface area is 180 Å². The first-order valence-corrected chi connectivity index (χ1v) is 11.2. The number of thioether (sulfide) groups is 1. The summed E-state index contributed by atoms with van der Waals surface area (Å²) in [6.07, 6.45) is 1.08. The maximum atomic E-state index is 12.8. The SMILES string of the molecule is CC(C)c1ccc(C(=O)COC(=O)[C@@H]2CS[C@]3(c4ccccc4)CCC(=O)N23)cc1. The zero-order chi connectivity index (χ0) is 21.3. The van der Waals surface area contributed by atoms with Crippen LogP contribution in [0.5, 0.6) is 0 Å². The van der Waals surface area contributed by atoms with Crippen LogP contribution in [0.1, 0.15) is 54.1 Å². The van der Waals surface area contributed by atoms with Crippen LogP contribution in [-0.2, 0) is 19.2 Å². The highest BCUT2D eigenvalue weighted by molar-refractivity contribution is 8.00. The zero-order valence-corrected chi connectivity index (χ0v) is 18.0. The minimum absolute atomic E-state index is 0.0404. The molecule has 156 valence electrons. The molecule has 0 aromatic heterocycles. The van der Waals surface area contributed by atoms with Gasteiger partial charge in [-0.1, -0.05) is 68.4 Å². The summed E-state index contributed by atoms with van der Waals surface area (Å²) in [7, 11) is 0. The highest BCUT2D eigenvalue weighted by Crippen LogP contribution is 2.54. The maximum absolute atomic E-state index is 12.8. The summed E-state index contributed by atoms with van der Waals surface area (Å²) in [5.41, 5.74) is 2.69. The molecule has 0 bridgehead atoms. The molecule has 2 aromatic carbocycles. The molecule has 2 fully saturated rings. The van der Waals surface area contributed by atoms with E-state index in [4.69, 9.17) is 4.74 Å². The number of hydrogen-bond donors (Lipinski definition) is 0. The average molecular weight is 424 g/mol. The predicted octanol–water partition coefficient (Wildman–Crippen LogP) is 4.13. The molecule has 4 rings (SSSR count). The molecule has 30 heavy (non-hydrogen) atoms. The second kappa shape index (κ2) is 8.26. The van der Waals surface area contributed by atoms with Gasteiger partial charge in [0.15, 0.2) is 12.4 Å². The number of carbonyl (C=O) groups excluding carboxylic acids is 3. The number of hydrogen-bond acceptors (Lipinski definition) is 5. The topological polar surface area (TPSA) is 63.7 Å². The number of nitrogens with zero attached hydrogens (tertiary/aromatic N) is 1. The lowest BCUT2D eigenvalue weighted by molar-refractivity contribution is -0.152. The molecular weight excluding hydrogens is 398 g/mol. The summed E-state index contributed by atoms with van der Waals surface area (Å²) >= 11 is 1.61. The Bertz CT molecular complexity index is 957. The normalized spacial score (nSPS) is 23.0. The monoisotopic (exact) mass is 423 g/mol. The summed E-state index contributed by atoms with van der Waals surface area (Å²) in [6, 6.07) is 16.5. The Hall–Kier alpha value is -2.60. The molecule has 2 aliphatic rings. The Kier molecular flexibility index (Phi) is 5.69. The lowest BCUT2D eigenvalue weighted by Crippen LogP contribution is -2.47. The molecule has 5 nitrogen and oxygen atoms in total. The minimum atomic E-state index is -0.665. The highest BCUT2D eigenvalue weighted by Gasteiger charge is 2.57. The first-order valence-electron chi connectivity index (χ1n) is 10.2. The first-order chi connectivity index (χ1) is 14.4. The molecule has 6 heteroatoms. The second-order valence-corrected chi connectivity index (χ2v) is 9.35. The van der Waals surface area contributed by atoms with Crippen molar-refractivity contribution in [2.45, 2.75) is 43.5 Å². The Balaban J connectivity index is 1.44. The quantitative estimate of drug-likeness (QED) is 0.516. The molecule has 2 aromatic rings. The van der Waals surface area contributed by atoms with E-state index >= 15 is 0 Å². The molecule has 0 radical (unpaired) electrons. The zero-order valence-electron chi connectivity index (χ0n) is 17.2. The van der Waals surface area contributed by atoms with Crippen LogP contribution in [0.25, 0.3) is 0 Å². The number of fused-ring (bicyclic) bond motifs is 1. The molecule has 0 aliphatic carbocycles. The Morgan fingerprint density at radius 2 is 1.83 bits per heavy atom. The maximum Gasteiger partial charge on any atom is 0.330 e. The lowest BCUT2D eigenvalue weighted by Gasteiger charge is -2.33. The van der Waals surface area contributed by atoms with E-state index in [9.17, 15) is 14.4 Å². The van der Waals surface area contributed by atoms with Crippen LogP contribution in [0.3, 0.4) is 0 Å². The molecular formula is C24H25NO4S. The molecule has 0 N–H and O–H groups in total. The number of benzene rings is 2. The number of Topliss-reactive ketones (excluding diaryl/α,β-unsaturated/α-hetero) is 1. The van der Waals surface area contributed by atoms with Gasteiger partial charge in [-0.15, -0.1) is 11.8 Å². The van der Waals surface area contributed by atoms with Gasteiger partial charge in [0.05, 0.1) is 0 Å². The van der Waals surface area contributed by atoms with Crippen LogP contribution < -0.4 is 0 Å². The number of carbonyl (C=O) groups is 3. The van der Waals surface area contributed by atoms with Crippen LogP contribution in [-0.4, -0.2) is 41.0 Å². The van der Waals surface area contributed by atoms with E-state index in [-0.39, 0.29) is 18.3 Å². The van der Waals surface area contributed by atoms with Crippen molar-refractivity contribution in [3.05, 3.63) is 71.3 Å². The number of rotatable bonds is 6. The third kappa shape index (κ3) is 3.65. The molecule has 0 spiro atoms. The van der Waals surface area contributed by atoms with Crippen molar-refractivity contribution in [3.63, 3.8) is 0 Å². The number of ether oxygens (including phenoxy) is 1. The van der Waals surface area contributed by atoms with Crippen LogP contribution >= 0.6 is 11.8 Å². The molecule has 2 atom stereocenters. The van der Waals surface area contributed by atoms with E-state index in [2.05, 4.69) is 13.8 Å². The Morgan fingerprint density at radius 3 is 2.50 bits per heavy atom. The van der Waals surface area contributed by atoms with Gasteiger partial charge in [-0.05, 0) is 23.5 Å². The second-order valence-electron chi connectivity index (χ2n) is 8.05. The number of ketones is 1. The molecule has 1 amide bonds. The van der Waals surface area contributed by atoms with Gasteiger partial charge in [0, 0.05) is 17.7 Å². The highest BCUT2D eigenvalue weighted by atomic mass is 32.2. The van der Waals surface area contributed by atoms with Gasteiger partial charge in [0.2, 0.25) is 5.91 Å². The van der Waals surface area contributed by atoms with Crippen molar-refractivity contribution in [1.82, 2.24) is 4.90 Å². The van der Waals surface area contributed by atoms with E-state index < -0.39 is 16.9 Å². The fourth-order valence-corrected chi connectivity index (χ4v) is 5.82. The van der Waals surface area contributed by atoms with Gasteiger partial charge >= 0.3 is 5.97 Å². The van der Waals surface area contributed by atoms with Crippen LogP contribution in [0.4, 0.5) is 0 Å². The molecule has 2 saturated heterocycles. The first kappa shape index (κ1) is 20.7. The van der Waals surface area contributed by atoms with Crippen molar-refractivity contribution >= 4 is 29.4 Å². The van der Waals surface area contributed by atoms with Crippen LogP contribution in [0.2, 0.25) is 0 Å². The van der Waals surface area contributed by atoms with Gasteiger partial charge in [0.1, 0.15) is 10.9 Å². The molecule has 2 aliphatic heterocycles. The van der Waals surface area contributed by atoms with Crippen molar-refractivity contribution in [2.75, 3.05) is 12.4 Å². The number of esters is 1. The third-order valence-electron chi connectivity index (χ3n) is 5.87. The van der Waals surface area contributed by atoms with E-state index in [0.29, 0.717) is 30.1 Å². The summed E-state index contributed by atoms with van der Waals surface area (Å²) in [4.78, 5) is 39.1. The van der Waals surface area contributed by atoms with E-state index in [0.717, 1.165) is 11.1 Å². The van der Waals surface area contributed by atoms with Gasteiger partial charge in [-0.2, -0.15) is 0 Å². The van der Waals surface area contributed by atoms with E-state index in [1.165, 1.54) is 0 Å². The minimum Gasteiger partial charge on any atom is -0.456 e. The van der Waals surface area contributed by atoms with Crippen LogP contribution in [0.15, 0.2) is 54.6 Å². The van der Waals surface area contributed by atoms with Crippen molar-refractivity contribution in [3.8, 4) is 0 Å². The van der Waals surface area contributed by atoms with Gasteiger partial charge < -0.3 is 9.64 Å². The lowest BCUT2D eigenvalue weighted by atomic mass is 10.0. The standard InChI is InChI=1S/C24H25NO4S/c1-16(2)17-8-10-18(11-9-17)21(26)14-29-23(28)20-15-30-24(13-12-22(27)25(20)24)19-6-4-3-5-7-19/h3-11,16,20H,12-15H2,1-2H3/t20-,24-/m0/s1. The van der Waals surface area contributed by atoms with Gasteiger partial charge in [0.25, 0.3) is 0 Å². The fourth-order valence-electron chi connectivity index (χ4n) is 4.19. The third-order valence-corrected chi connectivity index (χ3v) is 7.47. The number of amides is 1. The van der Waals surface area contributed by atoms with Crippen molar-refractivity contribution in [2.24, 2.45) is 0 Å². The van der Waals surface area contributed by atoms with Gasteiger partial charge in [-0.3, -0.25) is 9.59 Å². The van der Waals surface area contributed by atoms with E-state index in [1.807, 2.05) is 42.5 Å². The summed E-state index contributed by atoms with van der Waals surface area (Å²) in [5, 5.41) is 0. The molecule has 0 unspecified atom stereocenters.